The molecule has 0 fully saturated rings. The van der Waals surface area contributed by atoms with Gasteiger partial charge in [-0.15, -0.1) is 11.3 Å². The highest BCUT2D eigenvalue weighted by Crippen LogP contribution is 2.27. The smallest absolute Gasteiger partial charge is 0.307 e. The first-order valence-corrected chi connectivity index (χ1v) is 6.79. The molecule has 0 saturated carbocycles. The van der Waals surface area contributed by atoms with E-state index in [1.165, 1.54) is 9.75 Å². The van der Waals surface area contributed by atoms with Crippen molar-refractivity contribution in [1.29, 1.82) is 0 Å². The summed E-state index contributed by atoms with van der Waals surface area (Å²) in [5.41, 5.74) is 0. The summed E-state index contributed by atoms with van der Waals surface area (Å²) in [7, 11) is 1.98. The second-order valence-electron chi connectivity index (χ2n) is 4.51. The fourth-order valence-corrected chi connectivity index (χ4v) is 2.76. The van der Waals surface area contributed by atoms with E-state index in [9.17, 15) is 4.79 Å². The predicted molar refractivity (Wildman–Crippen MR) is 71.5 cm³/mol. The van der Waals surface area contributed by atoms with Crippen molar-refractivity contribution in [2.24, 2.45) is 5.92 Å². The summed E-state index contributed by atoms with van der Waals surface area (Å²) in [6.07, 6.45) is 1.06. The Morgan fingerprint density at radius 1 is 1.47 bits per heavy atom. The second-order valence-corrected chi connectivity index (χ2v) is 5.71. The fourth-order valence-electron chi connectivity index (χ4n) is 1.69. The average Bonchev–Trinajstić information content (AvgIpc) is 2.76. The van der Waals surface area contributed by atoms with E-state index >= 15 is 0 Å². The van der Waals surface area contributed by atoms with Gasteiger partial charge < -0.3 is 5.11 Å². The lowest BCUT2D eigenvalue weighted by molar-refractivity contribution is -0.141. The summed E-state index contributed by atoms with van der Waals surface area (Å²) in [6.45, 7) is 6.60. The molecule has 0 spiro atoms. The molecule has 0 aromatic carbocycles. The number of thiophene rings is 1. The van der Waals surface area contributed by atoms with Gasteiger partial charge in [-0.3, -0.25) is 9.69 Å². The molecule has 17 heavy (non-hydrogen) atoms. The van der Waals surface area contributed by atoms with Crippen LogP contribution in [0.4, 0.5) is 0 Å². The summed E-state index contributed by atoms with van der Waals surface area (Å²) >= 11 is 1.82. The molecule has 1 aromatic rings. The predicted octanol–water partition coefficient (Wildman–Crippen LogP) is 3.02. The van der Waals surface area contributed by atoms with Gasteiger partial charge in [-0.25, -0.2) is 0 Å². The molecule has 0 amide bonds. The Morgan fingerprint density at radius 3 is 2.59 bits per heavy atom. The molecule has 0 aliphatic rings. The number of hydrogen-bond acceptors (Lipinski definition) is 3. The Morgan fingerprint density at radius 2 is 2.12 bits per heavy atom. The summed E-state index contributed by atoms with van der Waals surface area (Å²) in [5.74, 6) is -1.06. The Hall–Kier alpha value is -0.870. The van der Waals surface area contributed by atoms with Crippen molar-refractivity contribution in [2.45, 2.75) is 33.2 Å². The van der Waals surface area contributed by atoms with Crippen molar-refractivity contribution in [1.82, 2.24) is 4.90 Å². The van der Waals surface area contributed by atoms with E-state index in [0.717, 1.165) is 6.42 Å². The monoisotopic (exact) mass is 255 g/mol. The van der Waals surface area contributed by atoms with Gasteiger partial charge in [0.1, 0.15) is 0 Å². The maximum absolute atomic E-state index is 10.8. The molecule has 96 valence electrons. The van der Waals surface area contributed by atoms with E-state index in [0.29, 0.717) is 6.54 Å². The average molecular weight is 255 g/mol. The lowest BCUT2D eigenvalue weighted by atomic mass is 10.1. The molecule has 0 saturated heterocycles. The lowest BCUT2D eigenvalue weighted by Gasteiger charge is -2.25. The molecule has 2 unspecified atom stereocenters. The molecule has 0 radical (unpaired) electrons. The van der Waals surface area contributed by atoms with E-state index in [2.05, 4.69) is 30.9 Å². The zero-order valence-corrected chi connectivity index (χ0v) is 11.8. The number of aliphatic carboxylic acids is 1. The number of rotatable bonds is 6. The molecular formula is C13H21NO2S. The third-order valence-electron chi connectivity index (χ3n) is 3.09. The van der Waals surface area contributed by atoms with Gasteiger partial charge in [-0.1, -0.05) is 13.8 Å². The van der Waals surface area contributed by atoms with Crippen LogP contribution in [-0.4, -0.2) is 29.6 Å². The quantitative estimate of drug-likeness (QED) is 0.849. The van der Waals surface area contributed by atoms with Crippen LogP contribution in [0.2, 0.25) is 0 Å². The number of nitrogens with zero attached hydrogens (tertiary/aromatic N) is 1. The van der Waals surface area contributed by atoms with E-state index in [4.69, 9.17) is 5.11 Å². The van der Waals surface area contributed by atoms with Crippen LogP contribution in [0.3, 0.4) is 0 Å². The molecule has 0 aliphatic heterocycles. The third kappa shape index (κ3) is 3.82. The highest BCUT2D eigenvalue weighted by atomic mass is 32.1. The Labute approximate surface area is 107 Å². The standard InChI is InChI=1S/C13H21NO2S/c1-5-11-6-7-12(17-11)10(3)14(4)8-9(2)13(15)16/h6-7,9-10H,5,8H2,1-4H3,(H,15,16). The molecule has 0 aliphatic carbocycles. The van der Waals surface area contributed by atoms with Crippen LogP contribution in [0.25, 0.3) is 0 Å². The largest absolute Gasteiger partial charge is 0.481 e. The van der Waals surface area contributed by atoms with Gasteiger partial charge in [0, 0.05) is 22.3 Å². The van der Waals surface area contributed by atoms with E-state index < -0.39 is 5.97 Å². The van der Waals surface area contributed by atoms with Gasteiger partial charge in [0.25, 0.3) is 0 Å². The number of hydrogen-bond donors (Lipinski definition) is 1. The Bertz CT molecular complexity index is 375. The summed E-state index contributed by atoms with van der Waals surface area (Å²) < 4.78 is 0. The number of aryl methyl sites for hydroxylation is 1. The highest BCUT2D eigenvalue weighted by molar-refractivity contribution is 7.12. The molecule has 2 atom stereocenters. The van der Waals surface area contributed by atoms with Crippen molar-refractivity contribution in [2.75, 3.05) is 13.6 Å². The van der Waals surface area contributed by atoms with Crippen molar-refractivity contribution in [3.05, 3.63) is 21.9 Å². The zero-order chi connectivity index (χ0) is 13.0. The first-order valence-electron chi connectivity index (χ1n) is 5.97. The van der Waals surface area contributed by atoms with Crippen molar-refractivity contribution >= 4 is 17.3 Å². The molecule has 1 heterocycles. The van der Waals surface area contributed by atoms with Crippen LogP contribution >= 0.6 is 11.3 Å². The van der Waals surface area contributed by atoms with Crippen LogP contribution in [0, 0.1) is 5.92 Å². The molecule has 1 N–H and O–H groups in total. The van der Waals surface area contributed by atoms with Crippen LogP contribution in [0.5, 0.6) is 0 Å². The third-order valence-corrected chi connectivity index (χ3v) is 4.49. The minimum absolute atomic E-state index is 0.280. The van der Waals surface area contributed by atoms with Gasteiger partial charge in [-0.2, -0.15) is 0 Å². The Kier molecular flexibility index (Phi) is 5.15. The maximum Gasteiger partial charge on any atom is 0.307 e. The topological polar surface area (TPSA) is 40.5 Å². The van der Waals surface area contributed by atoms with Gasteiger partial charge in [0.15, 0.2) is 0 Å². The minimum Gasteiger partial charge on any atom is -0.481 e. The molecule has 1 rings (SSSR count). The molecule has 4 heteroatoms. The second kappa shape index (κ2) is 6.17. The summed E-state index contributed by atoms with van der Waals surface area (Å²) in [6, 6.07) is 4.59. The summed E-state index contributed by atoms with van der Waals surface area (Å²) in [4.78, 5) is 15.6. The summed E-state index contributed by atoms with van der Waals surface area (Å²) in [5, 5.41) is 8.90. The van der Waals surface area contributed by atoms with E-state index in [1.54, 1.807) is 6.92 Å². The van der Waals surface area contributed by atoms with Gasteiger partial charge in [0.2, 0.25) is 0 Å². The van der Waals surface area contributed by atoms with Gasteiger partial charge >= 0.3 is 5.97 Å². The number of carboxylic acids is 1. The minimum atomic E-state index is -0.732. The maximum atomic E-state index is 10.8. The van der Waals surface area contributed by atoms with E-state index in [-0.39, 0.29) is 12.0 Å². The molecule has 3 nitrogen and oxygen atoms in total. The molecule has 1 aromatic heterocycles. The van der Waals surface area contributed by atoms with E-state index in [1.807, 2.05) is 18.4 Å². The normalized spacial score (nSPS) is 14.9. The van der Waals surface area contributed by atoms with Gasteiger partial charge in [0.05, 0.1) is 5.92 Å². The SMILES string of the molecule is CCc1ccc(C(C)N(C)CC(C)C(=O)O)s1. The first kappa shape index (κ1) is 14.2. The lowest BCUT2D eigenvalue weighted by Crippen LogP contribution is -2.30. The fraction of sp³-hybridized carbons (Fsp3) is 0.615. The van der Waals surface area contributed by atoms with Crippen LogP contribution in [0.1, 0.15) is 36.6 Å². The molecule has 0 bridgehead atoms. The van der Waals surface area contributed by atoms with Crippen LogP contribution in [0.15, 0.2) is 12.1 Å². The van der Waals surface area contributed by atoms with Crippen molar-refractivity contribution in [3.8, 4) is 0 Å². The van der Waals surface area contributed by atoms with Gasteiger partial charge in [-0.05, 0) is 32.5 Å². The van der Waals surface area contributed by atoms with Crippen molar-refractivity contribution in [3.63, 3.8) is 0 Å². The first-order chi connectivity index (χ1) is 7.95. The molecular weight excluding hydrogens is 234 g/mol. The van der Waals surface area contributed by atoms with Crippen LogP contribution < -0.4 is 0 Å². The number of carboxylic acid groups (broad SMARTS) is 1. The van der Waals surface area contributed by atoms with Crippen molar-refractivity contribution < 1.29 is 9.90 Å². The van der Waals surface area contributed by atoms with Crippen LogP contribution in [-0.2, 0) is 11.2 Å². The number of carbonyl (C=O) groups is 1. The highest BCUT2D eigenvalue weighted by Gasteiger charge is 2.19. The Balaban J connectivity index is 2.62. The zero-order valence-electron chi connectivity index (χ0n) is 10.9.